The van der Waals surface area contributed by atoms with E-state index in [4.69, 9.17) is 16.3 Å². The first kappa shape index (κ1) is 19.6. The fourth-order valence-corrected chi connectivity index (χ4v) is 3.78. The number of benzene rings is 2. The maximum absolute atomic E-state index is 12.2. The van der Waals surface area contributed by atoms with Crippen molar-refractivity contribution in [3.05, 3.63) is 58.6 Å². The number of nitrogens with zero attached hydrogens (tertiary/aromatic N) is 2. The molecule has 3 aromatic rings. The van der Waals surface area contributed by atoms with E-state index in [9.17, 15) is 4.79 Å². The predicted octanol–water partition coefficient (Wildman–Crippen LogP) is 4.14. The van der Waals surface area contributed by atoms with E-state index in [0.717, 1.165) is 21.0 Å². The number of likely N-dealkylation sites (N-methyl/N-ethyl adjacent to an activating group) is 1. The van der Waals surface area contributed by atoms with Gasteiger partial charge in [-0.05, 0) is 50.4 Å². The zero-order valence-electron chi connectivity index (χ0n) is 15.3. The molecule has 0 aliphatic heterocycles. The van der Waals surface area contributed by atoms with Crippen molar-refractivity contribution >= 4 is 39.1 Å². The summed E-state index contributed by atoms with van der Waals surface area (Å²) in [5, 5.41) is 4.56. The summed E-state index contributed by atoms with van der Waals surface area (Å²) in [6, 6.07) is 15.3. The van der Waals surface area contributed by atoms with Gasteiger partial charge in [0.25, 0.3) is 0 Å². The van der Waals surface area contributed by atoms with Crippen LogP contribution >= 0.6 is 22.9 Å². The summed E-state index contributed by atoms with van der Waals surface area (Å²) in [6.07, 6.45) is 0. The molecule has 1 heterocycles. The highest BCUT2D eigenvalue weighted by molar-refractivity contribution is 7.18. The summed E-state index contributed by atoms with van der Waals surface area (Å²) in [5.74, 6) is 0.695. The third-order valence-electron chi connectivity index (χ3n) is 4.23. The molecule has 1 N–H and O–H groups in total. The summed E-state index contributed by atoms with van der Waals surface area (Å²) in [6.45, 7) is 3.22. The quantitative estimate of drug-likeness (QED) is 0.574. The Morgan fingerprint density at radius 2 is 2.00 bits per heavy atom. The number of amides is 1. The molecule has 0 bridgehead atoms. The van der Waals surface area contributed by atoms with Crippen LogP contribution in [0.4, 0.5) is 0 Å². The summed E-state index contributed by atoms with van der Waals surface area (Å²) in [7, 11) is 1.93. The lowest BCUT2D eigenvalue weighted by Gasteiger charge is -2.22. The van der Waals surface area contributed by atoms with Crippen LogP contribution in [0.2, 0.25) is 5.02 Å². The molecule has 0 spiro atoms. The molecule has 2 aromatic carbocycles. The minimum absolute atomic E-state index is 0.0369. The zero-order valence-corrected chi connectivity index (χ0v) is 16.9. The van der Waals surface area contributed by atoms with Crippen molar-refractivity contribution < 1.29 is 9.53 Å². The van der Waals surface area contributed by atoms with Crippen molar-refractivity contribution in [1.82, 2.24) is 15.2 Å². The summed E-state index contributed by atoms with van der Waals surface area (Å²) >= 11 is 7.50. The number of para-hydroxylation sites is 1. The summed E-state index contributed by atoms with van der Waals surface area (Å²) in [5.41, 5.74) is 1.00. The van der Waals surface area contributed by atoms with E-state index in [1.54, 1.807) is 35.6 Å². The van der Waals surface area contributed by atoms with Gasteiger partial charge in [0.05, 0.1) is 29.3 Å². The molecule has 1 aromatic heterocycles. The van der Waals surface area contributed by atoms with Gasteiger partial charge in [0.1, 0.15) is 17.4 Å². The second-order valence-corrected chi connectivity index (χ2v) is 7.76. The van der Waals surface area contributed by atoms with Gasteiger partial charge in [0.2, 0.25) is 5.91 Å². The maximum atomic E-state index is 12.2. The number of thiazole rings is 1. The van der Waals surface area contributed by atoms with Gasteiger partial charge in [-0.25, -0.2) is 4.98 Å². The SMILES string of the molecule is C[C@@H](c1nc2ccccc2s1)N(C)CC(=O)NCCOc1ccc(Cl)cc1. The van der Waals surface area contributed by atoms with Crippen LogP contribution in [0.3, 0.4) is 0 Å². The van der Waals surface area contributed by atoms with Crippen LogP contribution in [0.25, 0.3) is 10.2 Å². The lowest BCUT2D eigenvalue weighted by atomic mass is 10.3. The molecule has 142 valence electrons. The largest absolute Gasteiger partial charge is 0.492 e. The third-order valence-corrected chi connectivity index (χ3v) is 5.69. The van der Waals surface area contributed by atoms with Crippen LogP contribution in [0.1, 0.15) is 18.0 Å². The Balaban J connectivity index is 1.43. The van der Waals surface area contributed by atoms with Crippen LogP contribution in [0.5, 0.6) is 5.75 Å². The van der Waals surface area contributed by atoms with Crippen LogP contribution in [0, 0.1) is 0 Å². The number of carbonyl (C=O) groups excluding carboxylic acids is 1. The van der Waals surface area contributed by atoms with Crippen molar-refractivity contribution in [2.75, 3.05) is 26.7 Å². The highest BCUT2D eigenvalue weighted by Crippen LogP contribution is 2.28. The van der Waals surface area contributed by atoms with Gasteiger partial charge >= 0.3 is 0 Å². The molecule has 5 nitrogen and oxygen atoms in total. The Labute approximate surface area is 167 Å². The Kier molecular flexibility index (Phi) is 6.66. The lowest BCUT2D eigenvalue weighted by molar-refractivity contribution is -0.122. The molecule has 0 radical (unpaired) electrons. The summed E-state index contributed by atoms with van der Waals surface area (Å²) in [4.78, 5) is 18.8. The Hall–Kier alpha value is -2.15. The molecule has 0 saturated carbocycles. The molecule has 3 rings (SSSR count). The van der Waals surface area contributed by atoms with E-state index in [1.165, 1.54) is 0 Å². The fraction of sp³-hybridized carbons (Fsp3) is 0.300. The molecular weight excluding hydrogens is 382 g/mol. The number of aromatic nitrogens is 1. The molecular formula is C20H22ClN3O2S. The number of ether oxygens (including phenoxy) is 1. The van der Waals surface area contributed by atoms with Crippen molar-refractivity contribution in [2.45, 2.75) is 13.0 Å². The molecule has 0 aliphatic rings. The van der Waals surface area contributed by atoms with Crippen LogP contribution in [0.15, 0.2) is 48.5 Å². The van der Waals surface area contributed by atoms with Gasteiger partial charge in [-0.2, -0.15) is 0 Å². The van der Waals surface area contributed by atoms with Crippen molar-refractivity contribution in [3.63, 3.8) is 0 Å². The first-order valence-electron chi connectivity index (χ1n) is 8.73. The van der Waals surface area contributed by atoms with E-state index in [0.29, 0.717) is 24.7 Å². The van der Waals surface area contributed by atoms with Crippen molar-refractivity contribution in [3.8, 4) is 5.75 Å². The number of rotatable bonds is 8. The fourth-order valence-electron chi connectivity index (χ4n) is 2.57. The van der Waals surface area contributed by atoms with Crippen molar-refractivity contribution in [2.24, 2.45) is 0 Å². The Morgan fingerprint density at radius 3 is 2.74 bits per heavy atom. The van der Waals surface area contributed by atoms with Crippen LogP contribution in [-0.2, 0) is 4.79 Å². The number of halogens is 1. The highest BCUT2D eigenvalue weighted by atomic mass is 35.5. The number of nitrogens with one attached hydrogen (secondary N) is 1. The van der Waals surface area contributed by atoms with Gasteiger partial charge < -0.3 is 10.1 Å². The maximum Gasteiger partial charge on any atom is 0.234 e. The topological polar surface area (TPSA) is 54.5 Å². The van der Waals surface area contributed by atoms with Crippen molar-refractivity contribution in [1.29, 1.82) is 0 Å². The number of hydrogen-bond acceptors (Lipinski definition) is 5. The highest BCUT2D eigenvalue weighted by Gasteiger charge is 2.18. The van der Waals surface area contributed by atoms with Crippen LogP contribution < -0.4 is 10.1 Å². The molecule has 27 heavy (non-hydrogen) atoms. The van der Waals surface area contributed by atoms with Crippen LogP contribution in [-0.4, -0.2) is 42.5 Å². The number of carbonyl (C=O) groups is 1. The van der Waals surface area contributed by atoms with Gasteiger partial charge in [-0.1, -0.05) is 23.7 Å². The average Bonchev–Trinajstić information content (AvgIpc) is 3.10. The minimum Gasteiger partial charge on any atom is -0.492 e. The van der Waals surface area contributed by atoms with Gasteiger partial charge in [-0.15, -0.1) is 11.3 Å². The molecule has 7 heteroatoms. The second kappa shape index (κ2) is 9.17. The number of hydrogen-bond donors (Lipinski definition) is 1. The van der Waals surface area contributed by atoms with E-state index in [2.05, 4.69) is 23.3 Å². The van der Waals surface area contributed by atoms with Gasteiger partial charge in [-0.3, -0.25) is 9.69 Å². The molecule has 0 aliphatic carbocycles. The minimum atomic E-state index is -0.0369. The first-order chi connectivity index (χ1) is 13.0. The number of fused-ring (bicyclic) bond motifs is 1. The normalized spacial score (nSPS) is 12.3. The molecule has 1 amide bonds. The van der Waals surface area contributed by atoms with Gasteiger partial charge in [0, 0.05) is 5.02 Å². The van der Waals surface area contributed by atoms with Gasteiger partial charge in [0.15, 0.2) is 0 Å². The van der Waals surface area contributed by atoms with E-state index in [1.807, 2.05) is 30.1 Å². The first-order valence-corrected chi connectivity index (χ1v) is 9.93. The smallest absolute Gasteiger partial charge is 0.234 e. The van der Waals surface area contributed by atoms with E-state index >= 15 is 0 Å². The predicted molar refractivity (Wildman–Crippen MR) is 111 cm³/mol. The second-order valence-electron chi connectivity index (χ2n) is 6.26. The third kappa shape index (κ3) is 5.42. The monoisotopic (exact) mass is 403 g/mol. The lowest BCUT2D eigenvalue weighted by Crippen LogP contribution is -2.38. The molecule has 0 saturated heterocycles. The van der Waals surface area contributed by atoms with E-state index in [-0.39, 0.29) is 11.9 Å². The molecule has 0 unspecified atom stereocenters. The Bertz CT molecular complexity index is 865. The Morgan fingerprint density at radius 1 is 1.26 bits per heavy atom. The molecule has 0 fully saturated rings. The van der Waals surface area contributed by atoms with E-state index < -0.39 is 0 Å². The zero-order chi connectivity index (χ0) is 19.2. The standard InChI is InChI=1S/C20H22ClN3O2S/c1-14(20-23-17-5-3-4-6-18(17)27-20)24(2)13-19(25)22-11-12-26-16-9-7-15(21)8-10-16/h3-10,14H,11-13H2,1-2H3,(H,22,25)/t14-/m0/s1. The summed E-state index contributed by atoms with van der Waals surface area (Å²) < 4.78 is 6.73. The average molecular weight is 404 g/mol. The molecule has 1 atom stereocenters.